The first kappa shape index (κ1) is 20.7. The third-order valence-corrected chi connectivity index (χ3v) is 5.69. The lowest BCUT2D eigenvalue weighted by Crippen LogP contribution is -2.24. The van der Waals surface area contributed by atoms with E-state index in [2.05, 4.69) is 31.0 Å². The second-order valence-electron chi connectivity index (χ2n) is 8.01. The Kier molecular flexibility index (Phi) is 5.99. The summed E-state index contributed by atoms with van der Waals surface area (Å²) in [4.78, 5) is 9.19. The fourth-order valence-corrected chi connectivity index (χ4v) is 4.28. The van der Waals surface area contributed by atoms with Crippen molar-refractivity contribution in [1.29, 1.82) is 0 Å². The lowest BCUT2D eigenvalue weighted by Gasteiger charge is -2.24. The van der Waals surface area contributed by atoms with Crippen molar-refractivity contribution in [3.8, 4) is 11.1 Å². The highest BCUT2D eigenvalue weighted by Crippen LogP contribution is 2.38. The van der Waals surface area contributed by atoms with Crippen LogP contribution in [0.25, 0.3) is 22.2 Å². The summed E-state index contributed by atoms with van der Waals surface area (Å²) in [6.07, 6.45) is 9.79. The highest BCUT2D eigenvalue weighted by Gasteiger charge is 2.24. The number of nitrogens with one attached hydrogen (secondary N) is 1. The predicted octanol–water partition coefficient (Wildman–Crippen LogP) is 5.25. The Labute approximate surface area is 173 Å². The smallest absolute Gasteiger partial charge is 0.345 e. The fraction of sp³-hybridized carbons (Fsp3) is 0.571. The molecular formula is C21H27F2N5O2. The Morgan fingerprint density at radius 2 is 2.03 bits per heavy atom. The van der Waals surface area contributed by atoms with Crippen LogP contribution in [0.3, 0.4) is 0 Å². The molecule has 0 amide bonds. The van der Waals surface area contributed by atoms with E-state index in [0.29, 0.717) is 12.0 Å². The maximum Gasteiger partial charge on any atom is 0.345 e. The minimum absolute atomic E-state index is 0.132. The zero-order valence-electron chi connectivity index (χ0n) is 17.5. The van der Waals surface area contributed by atoms with Crippen LogP contribution >= 0.6 is 0 Å². The number of ether oxygens (including phenoxy) is 1. The van der Waals surface area contributed by atoms with Crippen LogP contribution in [-0.4, -0.2) is 39.0 Å². The summed E-state index contributed by atoms with van der Waals surface area (Å²) < 4.78 is 36.6. The van der Waals surface area contributed by atoms with Gasteiger partial charge in [0, 0.05) is 41.0 Å². The number of nitrogens with zero attached hydrogens (tertiary/aromatic N) is 4. The summed E-state index contributed by atoms with van der Waals surface area (Å²) in [7, 11) is 0. The number of aromatic nitrogens is 4. The molecule has 3 aromatic heterocycles. The number of anilines is 1. The van der Waals surface area contributed by atoms with Gasteiger partial charge in [-0.2, -0.15) is 13.8 Å². The van der Waals surface area contributed by atoms with Gasteiger partial charge in [-0.3, -0.25) is 0 Å². The predicted molar refractivity (Wildman–Crippen MR) is 110 cm³/mol. The summed E-state index contributed by atoms with van der Waals surface area (Å²) in [6, 6.07) is 0.0226. The lowest BCUT2D eigenvalue weighted by atomic mass is 9.95. The molecule has 3 aromatic rings. The Morgan fingerprint density at radius 1 is 1.27 bits per heavy atom. The molecule has 1 aliphatic carbocycles. The Hall–Kier alpha value is -2.55. The second kappa shape index (κ2) is 8.67. The average Bonchev–Trinajstić information content (AvgIpc) is 3.26. The van der Waals surface area contributed by atoms with Gasteiger partial charge in [0.2, 0.25) is 5.95 Å². The van der Waals surface area contributed by atoms with Gasteiger partial charge in [0.1, 0.15) is 11.4 Å². The molecule has 4 rings (SSSR count). The molecular weight excluding hydrogens is 392 g/mol. The number of aryl methyl sites for hydroxylation is 2. The van der Waals surface area contributed by atoms with E-state index >= 15 is 0 Å². The number of halogens is 2. The molecule has 1 N–H and O–H groups in total. The number of rotatable bonds is 7. The third kappa shape index (κ3) is 4.16. The van der Waals surface area contributed by atoms with Crippen molar-refractivity contribution >= 4 is 17.0 Å². The zero-order valence-corrected chi connectivity index (χ0v) is 17.5. The van der Waals surface area contributed by atoms with Crippen molar-refractivity contribution < 1.29 is 18.0 Å². The van der Waals surface area contributed by atoms with E-state index in [1.807, 2.05) is 13.8 Å². The van der Waals surface area contributed by atoms with Gasteiger partial charge >= 0.3 is 6.61 Å². The molecule has 1 saturated carbocycles. The molecule has 0 aromatic carbocycles. The maximum absolute atomic E-state index is 12.3. The molecule has 162 valence electrons. The van der Waals surface area contributed by atoms with Crippen molar-refractivity contribution in [3.05, 3.63) is 23.8 Å². The number of hydrogen-bond donors (Lipinski definition) is 1. The lowest BCUT2D eigenvalue weighted by molar-refractivity contribution is -0.130. The molecule has 1 atom stereocenters. The SMILES string of the molecule is Cc1noc(C)c1-c1cn(C2CCCCC2)c2nc(N[C@@H](C)COC(F)F)ncc12. The van der Waals surface area contributed by atoms with Crippen LogP contribution in [0, 0.1) is 13.8 Å². The van der Waals surface area contributed by atoms with E-state index < -0.39 is 6.61 Å². The first-order valence-corrected chi connectivity index (χ1v) is 10.4. The van der Waals surface area contributed by atoms with Crippen molar-refractivity contribution in [2.75, 3.05) is 11.9 Å². The number of alkyl halides is 2. The molecule has 0 aliphatic heterocycles. The Morgan fingerprint density at radius 3 is 2.70 bits per heavy atom. The minimum atomic E-state index is -2.79. The molecule has 0 bridgehead atoms. The van der Waals surface area contributed by atoms with Gasteiger partial charge in [-0.15, -0.1) is 0 Å². The molecule has 30 heavy (non-hydrogen) atoms. The van der Waals surface area contributed by atoms with Crippen LogP contribution in [0.4, 0.5) is 14.7 Å². The molecule has 1 fully saturated rings. The molecule has 0 radical (unpaired) electrons. The first-order valence-electron chi connectivity index (χ1n) is 10.4. The van der Waals surface area contributed by atoms with E-state index in [0.717, 1.165) is 46.5 Å². The number of hydrogen-bond acceptors (Lipinski definition) is 6. The fourth-order valence-electron chi connectivity index (χ4n) is 4.28. The first-order chi connectivity index (χ1) is 14.4. The van der Waals surface area contributed by atoms with Crippen LogP contribution in [0.1, 0.15) is 56.5 Å². The van der Waals surface area contributed by atoms with Crippen molar-refractivity contribution in [2.24, 2.45) is 0 Å². The van der Waals surface area contributed by atoms with Crippen LogP contribution < -0.4 is 5.32 Å². The molecule has 9 heteroatoms. The second-order valence-corrected chi connectivity index (χ2v) is 8.01. The van der Waals surface area contributed by atoms with Crippen LogP contribution in [0.5, 0.6) is 0 Å². The van der Waals surface area contributed by atoms with Gasteiger partial charge in [-0.25, -0.2) is 4.98 Å². The molecule has 0 spiro atoms. The van der Waals surface area contributed by atoms with E-state index in [-0.39, 0.29) is 12.6 Å². The van der Waals surface area contributed by atoms with Gasteiger partial charge in [0.25, 0.3) is 0 Å². The Bertz CT molecular complexity index is 991. The summed E-state index contributed by atoms with van der Waals surface area (Å²) >= 11 is 0. The van der Waals surface area contributed by atoms with Gasteiger partial charge in [-0.1, -0.05) is 24.4 Å². The molecule has 1 aliphatic rings. The quantitative estimate of drug-likeness (QED) is 0.564. The molecule has 0 saturated heterocycles. The van der Waals surface area contributed by atoms with Crippen molar-refractivity contribution in [1.82, 2.24) is 19.7 Å². The van der Waals surface area contributed by atoms with Gasteiger partial charge in [0.15, 0.2) is 0 Å². The van der Waals surface area contributed by atoms with Gasteiger partial charge < -0.3 is 19.1 Å². The monoisotopic (exact) mass is 419 g/mol. The Balaban J connectivity index is 1.73. The average molecular weight is 419 g/mol. The van der Waals surface area contributed by atoms with E-state index in [1.165, 1.54) is 19.3 Å². The normalized spacial score (nSPS) is 16.5. The summed E-state index contributed by atoms with van der Waals surface area (Å²) in [5.41, 5.74) is 3.64. The van der Waals surface area contributed by atoms with Crippen molar-refractivity contribution in [3.63, 3.8) is 0 Å². The van der Waals surface area contributed by atoms with E-state index in [9.17, 15) is 8.78 Å². The van der Waals surface area contributed by atoms with Gasteiger partial charge in [0.05, 0.1) is 12.3 Å². The molecule has 3 heterocycles. The molecule has 7 nitrogen and oxygen atoms in total. The van der Waals surface area contributed by atoms with Crippen LogP contribution in [-0.2, 0) is 4.74 Å². The largest absolute Gasteiger partial charge is 0.361 e. The van der Waals surface area contributed by atoms with Crippen LogP contribution in [0.2, 0.25) is 0 Å². The zero-order chi connectivity index (χ0) is 21.3. The molecule has 0 unspecified atom stereocenters. The van der Waals surface area contributed by atoms with E-state index in [1.54, 1.807) is 13.1 Å². The van der Waals surface area contributed by atoms with E-state index in [4.69, 9.17) is 9.51 Å². The van der Waals surface area contributed by atoms with Crippen molar-refractivity contribution in [2.45, 2.75) is 71.6 Å². The highest BCUT2D eigenvalue weighted by molar-refractivity contribution is 5.95. The number of fused-ring (bicyclic) bond motifs is 1. The third-order valence-electron chi connectivity index (χ3n) is 5.69. The minimum Gasteiger partial charge on any atom is -0.361 e. The van der Waals surface area contributed by atoms with Crippen LogP contribution in [0.15, 0.2) is 16.9 Å². The summed E-state index contributed by atoms with van der Waals surface area (Å²) in [5, 5.41) is 8.09. The van der Waals surface area contributed by atoms with Gasteiger partial charge in [-0.05, 0) is 33.6 Å². The standard InChI is InChI=1S/C21H27F2N5O2/c1-12(11-29-20(22)23)25-21-24-9-16-17(18-13(2)27-30-14(18)3)10-28(19(16)26-21)15-7-5-4-6-8-15/h9-10,12,15,20H,4-8,11H2,1-3H3,(H,24,25,26)/t12-/m0/s1. The summed E-state index contributed by atoms with van der Waals surface area (Å²) in [6.45, 7) is 2.66. The highest BCUT2D eigenvalue weighted by atomic mass is 19.3. The topological polar surface area (TPSA) is 78.0 Å². The summed E-state index contributed by atoms with van der Waals surface area (Å²) in [5.74, 6) is 1.16. The maximum atomic E-state index is 12.3.